The number of aliphatic hydroxyl groups is 1. The molecule has 17 heavy (non-hydrogen) atoms. The fourth-order valence-electron chi connectivity index (χ4n) is 1.43. The molecule has 0 spiro atoms. The minimum absolute atomic E-state index is 0.101. The molecule has 1 amide bonds. The summed E-state index contributed by atoms with van der Waals surface area (Å²) < 4.78 is 0. The second-order valence-corrected chi connectivity index (χ2v) is 3.82. The molecular formula is C11H17N3O3. The van der Waals surface area contributed by atoms with Crippen LogP contribution in [-0.4, -0.2) is 34.4 Å². The molecule has 0 aliphatic carbocycles. The van der Waals surface area contributed by atoms with Gasteiger partial charge in [-0.05, 0) is 32.3 Å². The first-order chi connectivity index (χ1) is 8.07. The van der Waals surface area contributed by atoms with Gasteiger partial charge in [0.25, 0.3) is 11.5 Å². The number of aromatic amines is 1. The number of hydrogen-bond acceptors (Lipinski definition) is 4. The van der Waals surface area contributed by atoms with Gasteiger partial charge in [0.2, 0.25) is 0 Å². The molecule has 0 aromatic carbocycles. The van der Waals surface area contributed by atoms with Crippen molar-refractivity contribution in [2.75, 3.05) is 13.2 Å². The Bertz CT molecular complexity index is 454. The molecule has 3 N–H and O–H groups in total. The molecule has 0 atom stereocenters. The van der Waals surface area contributed by atoms with Gasteiger partial charge < -0.3 is 10.4 Å². The van der Waals surface area contributed by atoms with E-state index in [1.54, 1.807) is 13.8 Å². The summed E-state index contributed by atoms with van der Waals surface area (Å²) in [6, 6.07) is 0. The van der Waals surface area contributed by atoms with Crippen LogP contribution < -0.4 is 10.9 Å². The number of H-pyrrole nitrogens is 1. The van der Waals surface area contributed by atoms with E-state index in [1.807, 2.05) is 0 Å². The van der Waals surface area contributed by atoms with E-state index in [0.717, 1.165) is 0 Å². The molecule has 6 nitrogen and oxygen atoms in total. The van der Waals surface area contributed by atoms with Gasteiger partial charge in [0.1, 0.15) is 5.56 Å². The summed E-state index contributed by atoms with van der Waals surface area (Å²) in [5, 5.41) is 17.3. The zero-order valence-corrected chi connectivity index (χ0v) is 10.0. The van der Waals surface area contributed by atoms with Crippen molar-refractivity contribution in [1.29, 1.82) is 0 Å². The van der Waals surface area contributed by atoms with Crippen molar-refractivity contribution in [3.8, 4) is 0 Å². The first-order valence-corrected chi connectivity index (χ1v) is 5.53. The van der Waals surface area contributed by atoms with Gasteiger partial charge in [-0.15, -0.1) is 0 Å². The number of aryl methyl sites for hydroxylation is 1. The number of aromatic nitrogens is 2. The first-order valence-electron chi connectivity index (χ1n) is 5.53. The molecule has 0 fully saturated rings. The van der Waals surface area contributed by atoms with Crippen molar-refractivity contribution in [2.45, 2.75) is 26.7 Å². The smallest absolute Gasteiger partial charge is 0.277 e. The fourth-order valence-corrected chi connectivity index (χ4v) is 1.43. The Morgan fingerprint density at radius 3 is 2.76 bits per heavy atom. The minimum Gasteiger partial charge on any atom is -0.396 e. The number of carbonyl (C=O) groups excluding carboxylic acids is 1. The van der Waals surface area contributed by atoms with Crippen molar-refractivity contribution in [1.82, 2.24) is 15.5 Å². The maximum atomic E-state index is 11.8. The van der Waals surface area contributed by atoms with Gasteiger partial charge in [-0.1, -0.05) is 0 Å². The minimum atomic E-state index is -0.479. The van der Waals surface area contributed by atoms with E-state index in [4.69, 9.17) is 5.11 Å². The second-order valence-electron chi connectivity index (χ2n) is 3.82. The van der Waals surface area contributed by atoms with Crippen LogP contribution in [0.1, 0.15) is 34.5 Å². The molecule has 1 aromatic heterocycles. The lowest BCUT2D eigenvalue weighted by Gasteiger charge is -2.07. The van der Waals surface area contributed by atoms with Crippen LogP contribution in [0.5, 0.6) is 0 Å². The Kier molecular flexibility index (Phi) is 4.84. The predicted molar refractivity (Wildman–Crippen MR) is 63.0 cm³/mol. The summed E-state index contributed by atoms with van der Waals surface area (Å²) in [7, 11) is 0. The summed E-state index contributed by atoms with van der Waals surface area (Å²) in [6.45, 7) is 3.97. The fraction of sp³-hybridized carbons (Fsp3) is 0.545. The van der Waals surface area contributed by atoms with Gasteiger partial charge in [0.05, 0.1) is 5.69 Å². The van der Waals surface area contributed by atoms with Gasteiger partial charge in [-0.25, -0.2) is 5.10 Å². The Hall–Kier alpha value is -1.69. The number of nitrogens with zero attached hydrogens (tertiary/aromatic N) is 1. The molecule has 0 saturated carbocycles. The van der Waals surface area contributed by atoms with E-state index in [9.17, 15) is 9.59 Å². The van der Waals surface area contributed by atoms with E-state index in [1.165, 1.54) is 0 Å². The molecule has 0 radical (unpaired) electrons. The summed E-state index contributed by atoms with van der Waals surface area (Å²) >= 11 is 0. The molecular weight excluding hydrogens is 222 g/mol. The maximum Gasteiger partial charge on any atom is 0.277 e. The number of nitrogens with one attached hydrogen (secondary N) is 2. The van der Waals surface area contributed by atoms with Gasteiger partial charge in [0, 0.05) is 13.2 Å². The van der Waals surface area contributed by atoms with Crippen LogP contribution in [0.4, 0.5) is 0 Å². The zero-order valence-electron chi connectivity index (χ0n) is 10.0. The third-order valence-electron chi connectivity index (χ3n) is 2.57. The molecule has 0 unspecified atom stereocenters. The Morgan fingerprint density at radius 2 is 2.12 bits per heavy atom. The van der Waals surface area contributed by atoms with Crippen LogP contribution in [0.25, 0.3) is 0 Å². The number of aliphatic hydroxyl groups excluding tert-OH is 1. The molecule has 0 bridgehead atoms. The predicted octanol–water partition coefficient (Wildman–Crippen LogP) is -0.111. The number of hydrogen-bond donors (Lipinski definition) is 3. The summed E-state index contributed by atoms with van der Waals surface area (Å²) in [4.78, 5) is 23.3. The highest BCUT2D eigenvalue weighted by molar-refractivity contribution is 5.95. The molecule has 0 aliphatic heterocycles. The Morgan fingerprint density at radius 1 is 1.41 bits per heavy atom. The van der Waals surface area contributed by atoms with Crippen LogP contribution in [-0.2, 0) is 0 Å². The average molecular weight is 239 g/mol. The molecule has 94 valence electrons. The standard InChI is InChI=1S/C11H17N3O3/c1-7-8(2)13-14-11(17)9(7)10(16)12-5-3-4-6-15/h15H,3-6H2,1-2H3,(H,12,16)(H,14,17). The average Bonchev–Trinajstić information content (AvgIpc) is 2.30. The lowest BCUT2D eigenvalue weighted by molar-refractivity contribution is 0.0949. The molecule has 1 aromatic rings. The highest BCUT2D eigenvalue weighted by atomic mass is 16.3. The number of rotatable bonds is 5. The number of carbonyl (C=O) groups is 1. The van der Waals surface area contributed by atoms with E-state index in [0.29, 0.717) is 30.6 Å². The van der Waals surface area contributed by atoms with Crippen LogP contribution in [0.3, 0.4) is 0 Å². The summed E-state index contributed by atoms with van der Waals surface area (Å²) in [5.74, 6) is -0.396. The summed E-state index contributed by atoms with van der Waals surface area (Å²) in [5.41, 5.74) is 0.854. The van der Waals surface area contributed by atoms with Crippen LogP contribution in [0.2, 0.25) is 0 Å². The SMILES string of the molecule is Cc1n[nH]c(=O)c(C(=O)NCCCCO)c1C. The highest BCUT2D eigenvalue weighted by Gasteiger charge is 2.15. The monoisotopic (exact) mass is 239 g/mol. The third-order valence-corrected chi connectivity index (χ3v) is 2.57. The van der Waals surface area contributed by atoms with Crippen LogP contribution in [0, 0.1) is 13.8 Å². The molecule has 6 heteroatoms. The topological polar surface area (TPSA) is 95.1 Å². The van der Waals surface area contributed by atoms with Crippen LogP contribution in [0.15, 0.2) is 4.79 Å². The lowest BCUT2D eigenvalue weighted by atomic mass is 10.1. The third kappa shape index (κ3) is 3.39. The van der Waals surface area contributed by atoms with E-state index >= 15 is 0 Å². The Labute approximate surface area is 99.1 Å². The van der Waals surface area contributed by atoms with E-state index < -0.39 is 11.5 Å². The number of amides is 1. The van der Waals surface area contributed by atoms with E-state index in [-0.39, 0.29) is 12.2 Å². The van der Waals surface area contributed by atoms with Gasteiger partial charge >= 0.3 is 0 Å². The first kappa shape index (κ1) is 13.4. The zero-order chi connectivity index (χ0) is 12.8. The van der Waals surface area contributed by atoms with Gasteiger partial charge in [-0.3, -0.25) is 9.59 Å². The van der Waals surface area contributed by atoms with Gasteiger partial charge in [-0.2, -0.15) is 5.10 Å². The van der Waals surface area contributed by atoms with Crippen molar-refractivity contribution in [3.63, 3.8) is 0 Å². The number of unbranched alkanes of at least 4 members (excludes halogenated alkanes) is 1. The van der Waals surface area contributed by atoms with Crippen molar-refractivity contribution in [3.05, 3.63) is 27.2 Å². The molecule has 1 heterocycles. The molecule has 0 aliphatic rings. The van der Waals surface area contributed by atoms with Crippen LogP contribution >= 0.6 is 0 Å². The highest BCUT2D eigenvalue weighted by Crippen LogP contribution is 2.04. The maximum absolute atomic E-state index is 11.8. The largest absolute Gasteiger partial charge is 0.396 e. The normalized spacial score (nSPS) is 10.3. The van der Waals surface area contributed by atoms with Crippen molar-refractivity contribution in [2.24, 2.45) is 0 Å². The van der Waals surface area contributed by atoms with Crippen molar-refractivity contribution < 1.29 is 9.90 Å². The van der Waals surface area contributed by atoms with Gasteiger partial charge in [0.15, 0.2) is 0 Å². The quantitative estimate of drug-likeness (QED) is 0.625. The molecule has 1 rings (SSSR count). The molecule has 0 saturated heterocycles. The summed E-state index contributed by atoms with van der Waals surface area (Å²) in [6.07, 6.45) is 1.31. The van der Waals surface area contributed by atoms with Crippen molar-refractivity contribution >= 4 is 5.91 Å². The van der Waals surface area contributed by atoms with E-state index in [2.05, 4.69) is 15.5 Å². The lowest BCUT2D eigenvalue weighted by Crippen LogP contribution is -2.32. The second kappa shape index (κ2) is 6.15. The Balaban J connectivity index is 2.75.